The van der Waals surface area contributed by atoms with Crippen LogP contribution in [0.2, 0.25) is 5.02 Å². The predicted molar refractivity (Wildman–Crippen MR) is 67.9 cm³/mol. The molecule has 0 atom stereocenters. The molecular formula is C12H14ClN3O. The molecule has 90 valence electrons. The van der Waals surface area contributed by atoms with Crippen molar-refractivity contribution in [2.24, 2.45) is 5.73 Å². The summed E-state index contributed by atoms with van der Waals surface area (Å²) in [6, 6.07) is 9.39. The topological polar surface area (TPSA) is 53.1 Å². The van der Waals surface area contributed by atoms with E-state index in [0.717, 1.165) is 11.4 Å². The summed E-state index contributed by atoms with van der Waals surface area (Å²) < 4.78 is 7.17. The van der Waals surface area contributed by atoms with Crippen molar-refractivity contribution < 1.29 is 4.74 Å². The Morgan fingerprint density at radius 3 is 2.94 bits per heavy atom. The Morgan fingerprint density at radius 1 is 1.41 bits per heavy atom. The van der Waals surface area contributed by atoms with E-state index in [1.54, 1.807) is 4.68 Å². The fraction of sp³-hybridized carbons (Fsp3) is 0.250. The van der Waals surface area contributed by atoms with E-state index in [1.807, 2.05) is 37.3 Å². The van der Waals surface area contributed by atoms with Crippen LogP contribution in [0.4, 0.5) is 0 Å². The van der Waals surface area contributed by atoms with Gasteiger partial charge in [-0.25, -0.2) is 4.68 Å². The summed E-state index contributed by atoms with van der Waals surface area (Å²) in [6.45, 7) is 2.90. The van der Waals surface area contributed by atoms with Crippen molar-refractivity contribution in [3.05, 3.63) is 41.0 Å². The number of nitrogens with zero attached hydrogens (tertiary/aromatic N) is 2. The zero-order valence-electron chi connectivity index (χ0n) is 9.56. The van der Waals surface area contributed by atoms with E-state index < -0.39 is 0 Å². The number of aromatic nitrogens is 2. The highest BCUT2D eigenvalue weighted by Gasteiger charge is 2.07. The molecule has 5 heteroatoms. The van der Waals surface area contributed by atoms with Gasteiger partial charge in [0.25, 0.3) is 0 Å². The number of nitrogens with two attached hydrogens (primary N) is 1. The summed E-state index contributed by atoms with van der Waals surface area (Å²) in [4.78, 5) is 0. The summed E-state index contributed by atoms with van der Waals surface area (Å²) in [6.07, 6.45) is 0. The Bertz CT molecular complexity index is 510. The molecule has 2 aromatic rings. The third-order valence-electron chi connectivity index (χ3n) is 2.29. The fourth-order valence-electron chi connectivity index (χ4n) is 1.55. The minimum atomic E-state index is 0.464. The molecule has 0 aliphatic carbocycles. The van der Waals surface area contributed by atoms with Crippen molar-refractivity contribution in [1.82, 2.24) is 9.78 Å². The van der Waals surface area contributed by atoms with Crippen LogP contribution in [0.15, 0.2) is 30.3 Å². The Labute approximate surface area is 105 Å². The van der Waals surface area contributed by atoms with Crippen molar-refractivity contribution in [3.8, 4) is 11.6 Å². The third kappa shape index (κ3) is 2.78. The predicted octanol–water partition coefficient (Wildman–Crippen LogP) is 2.17. The Balaban J connectivity index is 2.29. The molecule has 1 heterocycles. The molecule has 0 aliphatic heterocycles. The van der Waals surface area contributed by atoms with Gasteiger partial charge >= 0.3 is 0 Å². The van der Waals surface area contributed by atoms with Crippen LogP contribution in [0, 0.1) is 6.92 Å². The van der Waals surface area contributed by atoms with Crippen LogP contribution in [0.25, 0.3) is 5.69 Å². The zero-order chi connectivity index (χ0) is 12.3. The smallest absolute Gasteiger partial charge is 0.233 e. The maximum Gasteiger partial charge on any atom is 0.233 e. The first kappa shape index (κ1) is 12.0. The lowest BCUT2D eigenvalue weighted by atomic mass is 10.3. The van der Waals surface area contributed by atoms with Crippen molar-refractivity contribution in [2.45, 2.75) is 6.92 Å². The molecule has 1 aromatic carbocycles. The van der Waals surface area contributed by atoms with Crippen LogP contribution >= 0.6 is 11.6 Å². The van der Waals surface area contributed by atoms with E-state index in [2.05, 4.69) is 5.10 Å². The van der Waals surface area contributed by atoms with E-state index in [-0.39, 0.29) is 0 Å². The molecule has 0 saturated carbocycles. The highest BCUT2D eigenvalue weighted by molar-refractivity contribution is 6.30. The highest BCUT2D eigenvalue weighted by Crippen LogP contribution is 2.19. The van der Waals surface area contributed by atoms with Gasteiger partial charge in [-0.2, -0.15) is 0 Å². The molecule has 0 radical (unpaired) electrons. The second-order valence-electron chi connectivity index (χ2n) is 3.65. The Morgan fingerprint density at radius 2 is 2.24 bits per heavy atom. The van der Waals surface area contributed by atoms with Gasteiger partial charge in [-0.05, 0) is 25.1 Å². The highest BCUT2D eigenvalue weighted by atomic mass is 35.5. The largest absolute Gasteiger partial charge is 0.475 e. The molecule has 1 aromatic heterocycles. The first-order valence-electron chi connectivity index (χ1n) is 5.36. The van der Waals surface area contributed by atoms with Crippen molar-refractivity contribution in [2.75, 3.05) is 13.2 Å². The monoisotopic (exact) mass is 251 g/mol. The van der Waals surface area contributed by atoms with Crippen LogP contribution in [0.1, 0.15) is 5.69 Å². The first-order chi connectivity index (χ1) is 8.20. The molecule has 2 rings (SSSR count). The van der Waals surface area contributed by atoms with Gasteiger partial charge in [-0.15, -0.1) is 5.10 Å². The van der Waals surface area contributed by atoms with E-state index in [0.29, 0.717) is 24.1 Å². The molecule has 0 unspecified atom stereocenters. The van der Waals surface area contributed by atoms with E-state index in [9.17, 15) is 0 Å². The molecule has 4 nitrogen and oxygen atoms in total. The Kier molecular flexibility index (Phi) is 3.66. The van der Waals surface area contributed by atoms with E-state index in [1.165, 1.54) is 0 Å². The molecule has 0 bridgehead atoms. The van der Waals surface area contributed by atoms with Crippen molar-refractivity contribution in [3.63, 3.8) is 0 Å². The summed E-state index contributed by atoms with van der Waals surface area (Å²) in [5.74, 6) is 0.577. The molecule has 0 fully saturated rings. The second-order valence-corrected chi connectivity index (χ2v) is 4.09. The number of rotatable bonds is 4. The first-order valence-corrected chi connectivity index (χ1v) is 5.74. The van der Waals surface area contributed by atoms with Gasteiger partial charge < -0.3 is 10.5 Å². The number of hydrogen-bond acceptors (Lipinski definition) is 3. The quantitative estimate of drug-likeness (QED) is 0.906. The second kappa shape index (κ2) is 5.21. The summed E-state index contributed by atoms with van der Waals surface area (Å²) in [5, 5.41) is 5.02. The minimum absolute atomic E-state index is 0.464. The lowest BCUT2D eigenvalue weighted by Crippen LogP contribution is -2.11. The third-order valence-corrected chi connectivity index (χ3v) is 2.52. The Hall–Kier alpha value is -1.52. The standard InChI is InChI=1S/C12H14ClN3O/c1-9-7-12(17-6-5-14)15-16(9)11-4-2-3-10(13)8-11/h2-4,7-8H,5-6,14H2,1H3. The molecule has 0 aliphatic rings. The lowest BCUT2D eigenvalue weighted by Gasteiger charge is -2.04. The number of aryl methyl sites for hydroxylation is 1. The van der Waals surface area contributed by atoms with Crippen LogP contribution in [-0.4, -0.2) is 22.9 Å². The van der Waals surface area contributed by atoms with Crippen molar-refractivity contribution in [1.29, 1.82) is 0 Å². The maximum atomic E-state index is 5.95. The average molecular weight is 252 g/mol. The zero-order valence-corrected chi connectivity index (χ0v) is 10.3. The number of ether oxygens (including phenoxy) is 1. The van der Waals surface area contributed by atoms with Gasteiger partial charge in [0.2, 0.25) is 5.88 Å². The average Bonchev–Trinajstić information content (AvgIpc) is 2.68. The number of halogens is 1. The molecule has 0 saturated heterocycles. The summed E-state index contributed by atoms with van der Waals surface area (Å²) in [7, 11) is 0. The molecule has 17 heavy (non-hydrogen) atoms. The van der Waals surface area contributed by atoms with Gasteiger partial charge in [-0.1, -0.05) is 17.7 Å². The van der Waals surface area contributed by atoms with Crippen LogP contribution in [0.5, 0.6) is 5.88 Å². The number of hydrogen-bond donors (Lipinski definition) is 1. The molecular weight excluding hydrogens is 238 g/mol. The van der Waals surface area contributed by atoms with Crippen molar-refractivity contribution >= 4 is 11.6 Å². The normalized spacial score (nSPS) is 10.5. The van der Waals surface area contributed by atoms with Crippen LogP contribution < -0.4 is 10.5 Å². The summed E-state index contributed by atoms with van der Waals surface area (Å²) in [5.41, 5.74) is 7.28. The molecule has 0 amide bonds. The lowest BCUT2D eigenvalue weighted by molar-refractivity contribution is 0.313. The SMILES string of the molecule is Cc1cc(OCCN)nn1-c1cccc(Cl)c1. The van der Waals surface area contributed by atoms with Gasteiger partial charge in [0.15, 0.2) is 0 Å². The summed E-state index contributed by atoms with van der Waals surface area (Å²) >= 11 is 5.95. The number of benzene rings is 1. The minimum Gasteiger partial charge on any atom is -0.475 e. The van der Waals surface area contributed by atoms with Gasteiger partial charge in [-0.3, -0.25) is 0 Å². The van der Waals surface area contributed by atoms with Gasteiger partial charge in [0.05, 0.1) is 5.69 Å². The maximum absolute atomic E-state index is 5.95. The van der Waals surface area contributed by atoms with Gasteiger partial charge in [0, 0.05) is 23.3 Å². The van der Waals surface area contributed by atoms with Crippen LogP contribution in [-0.2, 0) is 0 Å². The molecule has 2 N–H and O–H groups in total. The van der Waals surface area contributed by atoms with Crippen LogP contribution in [0.3, 0.4) is 0 Å². The fourth-order valence-corrected chi connectivity index (χ4v) is 1.73. The molecule has 0 spiro atoms. The van der Waals surface area contributed by atoms with Gasteiger partial charge in [0.1, 0.15) is 6.61 Å². The van der Waals surface area contributed by atoms with E-state index in [4.69, 9.17) is 22.1 Å². The van der Waals surface area contributed by atoms with E-state index >= 15 is 0 Å².